The summed E-state index contributed by atoms with van der Waals surface area (Å²) in [5.41, 5.74) is 4.83. The molecule has 134 valence electrons. The highest BCUT2D eigenvalue weighted by Gasteiger charge is 2.27. The molecule has 4 rings (SSSR count). The number of fused-ring (bicyclic) bond motifs is 1. The van der Waals surface area contributed by atoms with Gasteiger partial charge in [0.25, 0.3) is 5.91 Å². The summed E-state index contributed by atoms with van der Waals surface area (Å²) < 4.78 is 0. The predicted molar refractivity (Wildman–Crippen MR) is 100 cm³/mol. The number of carbonyl (C=O) groups is 1. The molecule has 0 saturated carbocycles. The number of pyridine rings is 1. The SMILES string of the molecule is Cc1cc(C)c2nc(C)cc(C(=O)N3CCC(c4ncn[nH]4)CC3)c2c1. The van der Waals surface area contributed by atoms with Crippen molar-refractivity contribution in [1.29, 1.82) is 0 Å². The topological polar surface area (TPSA) is 74.8 Å². The third-order valence-corrected chi connectivity index (χ3v) is 5.21. The normalized spacial score (nSPS) is 15.6. The minimum atomic E-state index is 0.0986. The average molecular weight is 349 g/mol. The third-order valence-electron chi connectivity index (χ3n) is 5.21. The highest BCUT2D eigenvalue weighted by atomic mass is 16.2. The Labute approximate surface area is 152 Å². The van der Waals surface area contributed by atoms with Crippen LogP contribution in [0.25, 0.3) is 10.9 Å². The van der Waals surface area contributed by atoms with Crippen molar-refractivity contribution < 1.29 is 4.79 Å². The van der Waals surface area contributed by atoms with Crippen molar-refractivity contribution >= 4 is 16.8 Å². The maximum atomic E-state index is 13.2. The quantitative estimate of drug-likeness (QED) is 0.770. The van der Waals surface area contributed by atoms with Crippen LogP contribution in [0.4, 0.5) is 0 Å². The molecule has 1 aromatic carbocycles. The van der Waals surface area contributed by atoms with E-state index in [4.69, 9.17) is 0 Å². The summed E-state index contributed by atoms with van der Waals surface area (Å²) in [6.07, 6.45) is 3.35. The van der Waals surface area contributed by atoms with Crippen molar-refractivity contribution in [3.8, 4) is 0 Å². The Kier molecular flexibility index (Phi) is 4.18. The fourth-order valence-electron chi connectivity index (χ4n) is 3.92. The zero-order valence-electron chi connectivity index (χ0n) is 15.4. The van der Waals surface area contributed by atoms with Gasteiger partial charge < -0.3 is 4.90 Å². The second-order valence-corrected chi connectivity index (χ2v) is 7.23. The molecule has 1 aliphatic heterocycles. The van der Waals surface area contributed by atoms with Crippen LogP contribution in [0.2, 0.25) is 0 Å². The molecule has 3 aromatic rings. The van der Waals surface area contributed by atoms with Crippen LogP contribution in [-0.2, 0) is 0 Å². The van der Waals surface area contributed by atoms with E-state index in [1.54, 1.807) is 6.33 Å². The lowest BCUT2D eigenvalue weighted by Gasteiger charge is -2.31. The molecule has 1 aliphatic rings. The van der Waals surface area contributed by atoms with Crippen LogP contribution in [0.1, 0.15) is 51.8 Å². The van der Waals surface area contributed by atoms with E-state index < -0.39 is 0 Å². The molecule has 0 aliphatic carbocycles. The van der Waals surface area contributed by atoms with Gasteiger partial charge in [0.1, 0.15) is 12.2 Å². The van der Waals surface area contributed by atoms with Gasteiger partial charge in [0.2, 0.25) is 0 Å². The Morgan fingerprint density at radius 3 is 2.62 bits per heavy atom. The highest BCUT2D eigenvalue weighted by molar-refractivity contribution is 6.07. The van der Waals surface area contributed by atoms with Crippen LogP contribution >= 0.6 is 0 Å². The van der Waals surface area contributed by atoms with E-state index in [1.807, 2.05) is 17.9 Å². The van der Waals surface area contributed by atoms with Gasteiger partial charge in [-0.1, -0.05) is 11.6 Å². The zero-order valence-corrected chi connectivity index (χ0v) is 15.4. The number of aryl methyl sites for hydroxylation is 3. The molecule has 0 spiro atoms. The number of benzene rings is 1. The molecule has 1 N–H and O–H groups in total. The number of aromatic nitrogens is 4. The van der Waals surface area contributed by atoms with Crippen molar-refractivity contribution in [1.82, 2.24) is 25.1 Å². The monoisotopic (exact) mass is 349 g/mol. The number of hydrogen-bond donors (Lipinski definition) is 1. The Bertz CT molecular complexity index is 956. The number of likely N-dealkylation sites (tertiary alicyclic amines) is 1. The average Bonchev–Trinajstić information content (AvgIpc) is 3.16. The maximum Gasteiger partial charge on any atom is 0.254 e. The molecule has 0 bridgehead atoms. The molecule has 6 heteroatoms. The zero-order chi connectivity index (χ0) is 18.3. The summed E-state index contributed by atoms with van der Waals surface area (Å²) in [6.45, 7) is 7.53. The molecule has 0 unspecified atom stereocenters. The molecule has 0 atom stereocenters. The van der Waals surface area contributed by atoms with Gasteiger partial charge in [-0.2, -0.15) is 5.10 Å². The van der Waals surface area contributed by atoms with Crippen molar-refractivity contribution in [3.63, 3.8) is 0 Å². The first kappa shape index (κ1) is 16.7. The Hall–Kier alpha value is -2.76. The summed E-state index contributed by atoms with van der Waals surface area (Å²) in [5.74, 6) is 1.37. The lowest BCUT2D eigenvalue weighted by molar-refractivity contribution is 0.0713. The van der Waals surface area contributed by atoms with Gasteiger partial charge in [-0.05, 0) is 51.3 Å². The fraction of sp³-hybridized carbons (Fsp3) is 0.400. The van der Waals surface area contributed by atoms with Crippen LogP contribution < -0.4 is 0 Å². The number of rotatable bonds is 2. The second kappa shape index (κ2) is 6.52. The molecule has 1 amide bonds. The number of aromatic amines is 1. The number of amides is 1. The molecule has 1 saturated heterocycles. The second-order valence-electron chi connectivity index (χ2n) is 7.23. The number of nitrogens with one attached hydrogen (secondary N) is 1. The van der Waals surface area contributed by atoms with E-state index in [0.717, 1.165) is 65.0 Å². The molecule has 0 radical (unpaired) electrons. The molecule has 2 aromatic heterocycles. The molecular weight excluding hydrogens is 326 g/mol. The van der Waals surface area contributed by atoms with Crippen LogP contribution in [0, 0.1) is 20.8 Å². The van der Waals surface area contributed by atoms with E-state index in [0.29, 0.717) is 5.92 Å². The van der Waals surface area contributed by atoms with Gasteiger partial charge in [-0.3, -0.25) is 14.9 Å². The van der Waals surface area contributed by atoms with E-state index >= 15 is 0 Å². The number of carbonyl (C=O) groups excluding carboxylic acids is 1. The van der Waals surface area contributed by atoms with Gasteiger partial charge in [-0.15, -0.1) is 0 Å². The van der Waals surface area contributed by atoms with Crippen molar-refractivity contribution in [2.24, 2.45) is 0 Å². The van der Waals surface area contributed by atoms with E-state index in [2.05, 4.69) is 46.1 Å². The van der Waals surface area contributed by atoms with Crippen LogP contribution in [0.15, 0.2) is 24.5 Å². The van der Waals surface area contributed by atoms with E-state index in [9.17, 15) is 4.79 Å². The summed E-state index contributed by atoms with van der Waals surface area (Å²) in [4.78, 5) is 24.1. The van der Waals surface area contributed by atoms with Crippen LogP contribution in [0.3, 0.4) is 0 Å². The van der Waals surface area contributed by atoms with Crippen molar-refractivity contribution in [2.75, 3.05) is 13.1 Å². The number of hydrogen-bond acceptors (Lipinski definition) is 4. The van der Waals surface area contributed by atoms with Crippen molar-refractivity contribution in [3.05, 3.63) is 52.7 Å². The Balaban J connectivity index is 1.63. The number of piperidine rings is 1. The summed E-state index contributed by atoms with van der Waals surface area (Å²) in [5, 5.41) is 7.84. The molecule has 6 nitrogen and oxygen atoms in total. The first-order valence-corrected chi connectivity index (χ1v) is 9.06. The molecule has 3 heterocycles. The third kappa shape index (κ3) is 2.96. The van der Waals surface area contributed by atoms with Gasteiger partial charge in [-0.25, -0.2) is 4.98 Å². The smallest absolute Gasteiger partial charge is 0.254 e. The Morgan fingerprint density at radius 1 is 1.15 bits per heavy atom. The molecular formula is C20H23N5O. The largest absolute Gasteiger partial charge is 0.339 e. The minimum Gasteiger partial charge on any atom is -0.339 e. The molecule has 26 heavy (non-hydrogen) atoms. The fourth-order valence-corrected chi connectivity index (χ4v) is 3.92. The number of H-pyrrole nitrogens is 1. The van der Waals surface area contributed by atoms with Crippen molar-refractivity contribution in [2.45, 2.75) is 39.5 Å². The maximum absolute atomic E-state index is 13.2. The summed E-state index contributed by atoms with van der Waals surface area (Å²) in [6, 6.07) is 6.11. The van der Waals surface area contributed by atoms with Gasteiger partial charge in [0, 0.05) is 30.1 Å². The summed E-state index contributed by atoms with van der Waals surface area (Å²) >= 11 is 0. The van der Waals surface area contributed by atoms with Gasteiger partial charge in [0.05, 0.1) is 11.1 Å². The number of nitrogens with zero attached hydrogens (tertiary/aromatic N) is 4. The van der Waals surface area contributed by atoms with Crippen LogP contribution in [0.5, 0.6) is 0 Å². The summed E-state index contributed by atoms with van der Waals surface area (Å²) in [7, 11) is 0. The highest BCUT2D eigenvalue weighted by Crippen LogP contribution is 2.28. The lowest BCUT2D eigenvalue weighted by atomic mass is 9.95. The Morgan fingerprint density at radius 2 is 1.92 bits per heavy atom. The van der Waals surface area contributed by atoms with Crippen LogP contribution in [-0.4, -0.2) is 44.1 Å². The van der Waals surface area contributed by atoms with E-state index in [-0.39, 0.29) is 5.91 Å². The van der Waals surface area contributed by atoms with E-state index in [1.165, 1.54) is 0 Å². The van der Waals surface area contributed by atoms with Gasteiger partial charge >= 0.3 is 0 Å². The predicted octanol–water partition coefficient (Wildman–Crippen LogP) is 3.30. The standard InChI is InChI=1S/C20H23N5O/c1-12-8-13(2)18-16(9-12)17(10-14(3)23-18)20(26)25-6-4-15(5-7-25)19-21-11-22-24-19/h8-11,15H,4-7H2,1-3H3,(H,21,22,24). The lowest BCUT2D eigenvalue weighted by Crippen LogP contribution is -2.38. The first-order valence-electron chi connectivity index (χ1n) is 9.06. The molecule has 1 fully saturated rings. The minimum absolute atomic E-state index is 0.0986. The van der Waals surface area contributed by atoms with Gasteiger partial charge in [0.15, 0.2) is 0 Å². The first-order chi connectivity index (χ1) is 12.5.